The molecule has 0 saturated heterocycles. The summed E-state index contributed by atoms with van der Waals surface area (Å²) in [4.78, 5) is 5.11. The van der Waals surface area contributed by atoms with Crippen LogP contribution in [0.4, 0.5) is 18.9 Å². The molecule has 118 valence electrons. The van der Waals surface area contributed by atoms with Crippen LogP contribution in [0.25, 0.3) is 0 Å². The first-order valence-electron chi connectivity index (χ1n) is 6.09. The normalized spacial score (nSPS) is 14.9. The van der Waals surface area contributed by atoms with Gasteiger partial charge in [0.2, 0.25) is 0 Å². The number of alkyl halides is 3. The number of hydrogen-bond donors (Lipinski definition) is 0. The van der Waals surface area contributed by atoms with Gasteiger partial charge in [0.25, 0.3) is 0 Å². The lowest BCUT2D eigenvalue weighted by atomic mass is 10.2. The molecular formula is C13H17F3N2O2S. The monoisotopic (exact) mass is 322 g/mol. The van der Waals surface area contributed by atoms with E-state index in [1.807, 2.05) is 0 Å². The van der Waals surface area contributed by atoms with Crippen molar-refractivity contribution in [1.29, 1.82) is 0 Å². The minimum absolute atomic E-state index is 0.305. The third kappa shape index (κ3) is 4.73. The predicted molar refractivity (Wildman–Crippen MR) is 77.5 cm³/mol. The summed E-state index contributed by atoms with van der Waals surface area (Å²) in [6.45, 7) is 0.804. The number of aliphatic imine (C=N–C) groups is 1. The predicted octanol–water partition coefficient (Wildman–Crippen LogP) is 2.52. The van der Waals surface area contributed by atoms with E-state index < -0.39 is 27.8 Å². The van der Waals surface area contributed by atoms with Crippen LogP contribution < -0.4 is 4.90 Å². The summed E-state index contributed by atoms with van der Waals surface area (Å²) in [5.41, 5.74) is 0.457. The van der Waals surface area contributed by atoms with Crippen molar-refractivity contribution < 1.29 is 21.6 Å². The van der Waals surface area contributed by atoms with Crippen LogP contribution >= 0.6 is 0 Å². The average Bonchev–Trinajstić information content (AvgIpc) is 2.36. The van der Waals surface area contributed by atoms with Gasteiger partial charge in [0.1, 0.15) is 0 Å². The second kappa shape index (κ2) is 6.46. The van der Waals surface area contributed by atoms with E-state index in [4.69, 9.17) is 0 Å². The first kappa shape index (κ1) is 17.5. The van der Waals surface area contributed by atoms with Crippen molar-refractivity contribution in [2.24, 2.45) is 4.99 Å². The summed E-state index contributed by atoms with van der Waals surface area (Å²) in [7, 11) is -2.85. The summed E-state index contributed by atoms with van der Waals surface area (Å²) in [5.74, 6) is 0.305. The molecule has 0 aliphatic carbocycles. The van der Waals surface area contributed by atoms with Crippen molar-refractivity contribution >= 4 is 21.4 Å². The molecule has 1 aromatic rings. The first-order valence-corrected chi connectivity index (χ1v) is 8.04. The highest BCUT2D eigenvalue weighted by Gasteiger charge is 2.47. The standard InChI is InChI=1S/C13H17F3N2O2S/c1-10(17-2)18(11-7-5-4-6-8-11)9-12(13(14,15)16)21(3,19)20/h4-8,12H,9H2,1-3H3. The van der Waals surface area contributed by atoms with Gasteiger partial charge >= 0.3 is 6.18 Å². The van der Waals surface area contributed by atoms with Gasteiger partial charge in [-0.15, -0.1) is 0 Å². The number of amidine groups is 1. The lowest BCUT2D eigenvalue weighted by Gasteiger charge is -2.29. The highest BCUT2D eigenvalue weighted by molar-refractivity contribution is 7.91. The van der Waals surface area contributed by atoms with Gasteiger partial charge in [-0.2, -0.15) is 13.2 Å². The van der Waals surface area contributed by atoms with Crippen LogP contribution in [-0.4, -0.2) is 45.5 Å². The van der Waals surface area contributed by atoms with Gasteiger partial charge < -0.3 is 4.90 Å². The van der Waals surface area contributed by atoms with Crippen LogP contribution in [0.2, 0.25) is 0 Å². The summed E-state index contributed by atoms with van der Waals surface area (Å²) in [6.07, 6.45) is -4.25. The minimum atomic E-state index is -4.84. The largest absolute Gasteiger partial charge is 0.407 e. The molecule has 0 amide bonds. The first-order chi connectivity index (χ1) is 9.57. The molecule has 0 radical (unpaired) electrons. The zero-order valence-electron chi connectivity index (χ0n) is 11.9. The van der Waals surface area contributed by atoms with Gasteiger partial charge in [-0.05, 0) is 19.1 Å². The molecule has 0 aliphatic rings. The third-order valence-electron chi connectivity index (χ3n) is 3.01. The summed E-state index contributed by atoms with van der Waals surface area (Å²) in [6, 6.07) is 8.25. The molecule has 8 heteroatoms. The molecular weight excluding hydrogens is 305 g/mol. The molecule has 0 heterocycles. The molecule has 0 bridgehead atoms. The number of sulfone groups is 1. The number of nitrogens with zero attached hydrogens (tertiary/aromatic N) is 2. The Bertz CT molecular complexity index is 598. The quantitative estimate of drug-likeness (QED) is 0.632. The molecule has 0 saturated carbocycles. The van der Waals surface area contributed by atoms with Crippen molar-refractivity contribution in [3.05, 3.63) is 30.3 Å². The second-order valence-corrected chi connectivity index (χ2v) is 6.80. The van der Waals surface area contributed by atoms with Gasteiger partial charge in [0.05, 0.1) is 5.84 Å². The van der Waals surface area contributed by atoms with E-state index in [9.17, 15) is 21.6 Å². The lowest BCUT2D eigenvalue weighted by Crippen LogP contribution is -2.47. The maximum atomic E-state index is 13.0. The fourth-order valence-electron chi connectivity index (χ4n) is 1.80. The van der Waals surface area contributed by atoms with Crippen molar-refractivity contribution in [3.8, 4) is 0 Å². The van der Waals surface area contributed by atoms with Crippen LogP contribution in [0.3, 0.4) is 0 Å². The lowest BCUT2D eigenvalue weighted by molar-refractivity contribution is -0.128. The van der Waals surface area contributed by atoms with Crippen LogP contribution in [-0.2, 0) is 9.84 Å². The molecule has 21 heavy (non-hydrogen) atoms. The van der Waals surface area contributed by atoms with E-state index >= 15 is 0 Å². The summed E-state index contributed by atoms with van der Waals surface area (Å²) in [5, 5.41) is -2.47. The molecule has 1 unspecified atom stereocenters. The SMILES string of the molecule is CN=C(C)N(CC(C(F)(F)F)S(C)(=O)=O)c1ccccc1. The van der Waals surface area contributed by atoms with E-state index in [2.05, 4.69) is 4.99 Å². The topological polar surface area (TPSA) is 49.7 Å². The average molecular weight is 322 g/mol. The van der Waals surface area contributed by atoms with Gasteiger partial charge in [0, 0.05) is 25.5 Å². The van der Waals surface area contributed by atoms with E-state index in [1.54, 1.807) is 30.3 Å². The Labute approximate surface area is 122 Å². The Morgan fingerprint density at radius 1 is 1.29 bits per heavy atom. The van der Waals surface area contributed by atoms with Gasteiger partial charge in [-0.3, -0.25) is 4.99 Å². The van der Waals surface area contributed by atoms with E-state index in [0.717, 1.165) is 0 Å². The summed E-state index contributed by atoms with van der Waals surface area (Å²) < 4.78 is 62.0. The molecule has 1 rings (SSSR count). The number of anilines is 1. The van der Waals surface area contributed by atoms with Crippen LogP contribution in [0, 0.1) is 0 Å². The third-order valence-corrected chi connectivity index (χ3v) is 4.46. The number of para-hydroxylation sites is 1. The molecule has 0 fully saturated rings. The molecule has 0 aromatic heterocycles. The van der Waals surface area contributed by atoms with Gasteiger partial charge in [-0.1, -0.05) is 18.2 Å². The van der Waals surface area contributed by atoms with Crippen LogP contribution in [0.15, 0.2) is 35.3 Å². The van der Waals surface area contributed by atoms with E-state index in [0.29, 0.717) is 17.8 Å². The highest BCUT2D eigenvalue weighted by Crippen LogP contribution is 2.28. The molecule has 0 spiro atoms. The Morgan fingerprint density at radius 2 is 1.81 bits per heavy atom. The Balaban J connectivity index is 3.23. The Kier molecular flexibility index (Phi) is 5.38. The van der Waals surface area contributed by atoms with E-state index in [-0.39, 0.29) is 0 Å². The van der Waals surface area contributed by atoms with Gasteiger partial charge in [-0.25, -0.2) is 8.42 Å². The maximum Gasteiger partial charge on any atom is 0.407 e. The fraction of sp³-hybridized carbons (Fsp3) is 0.462. The molecule has 0 N–H and O–H groups in total. The number of halogens is 3. The molecule has 0 aliphatic heterocycles. The number of hydrogen-bond acceptors (Lipinski definition) is 3. The molecule has 1 atom stereocenters. The smallest absolute Gasteiger partial charge is 0.329 e. The van der Waals surface area contributed by atoms with Crippen LogP contribution in [0.1, 0.15) is 6.92 Å². The minimum Gasteiger partial charge on any atom is -0.329 e. The Morgan fingerprint density at radius 3 is 2.19 bits per heavy atom. The van der Waals surface area contributed by atoms with Crippen molar-refractivity contribution in [1.82, 2.24) is 0 Å². The van der Waals surface area contributed by atoms with Crippen LogP contribution in [0.5, 0.6) is 0 Å². The highest BCUT2D eigenvalue weighted by atomic mass is 32.2. The van der Waals surface area contributed by atoms with Gasteiger partial charge in [0.15, 0.2) is 15.1 Å². The summed E-state index contributed by atoms with van der Waals surface area (Å²) >= 11 is 0. The molecule has 1 aromatic carbocycles. The Hall–Kier alpha value is -1.57. The second-order valence-electron chi connectivity index (χ2n) is 4.58. The fourth-order valence-corrected chi connectivity index (χ4v) is 2.71. The van der Waals surface area contributed by atoms with E-state index in [1.165, 1.54) is 18.9 Å². The molecule has 4 nitrogen and oxygen atoms in total. The maximum absolute atomic E-state index is 13.0. The zero-order valence-corrected chi connectivity index (χ0v) is 12.7. The number of rotatable bonds is 4. The van der Waals surface area contributed by atoms with Crippen molar-refractivity contribution in [2.45, 2.75) is 18.3 Å². The zero-order chi connectivity index (χ0) is 16.3. The van der Waals surface area contributed by atoms with Crippen molar-refractivity contribution in [3.63, 3.8) is 0 Å². The van der Waals surface area contributed by atoms with Crippen molar-refractivity contribution in [2.75, 3.05) is 24.7 Å². The number of benzene rings is 1.